The SMILES string of the molecule is COc1cc([N+](=O)[O-])c(S(=O)(=O)O)cc1N=N/C=N/Nc1cc(S(=O)(=O)O)c([N+](=O)[O-])cc1OC.[Na+]. The number of benzene rings is 2. The molecule has 21 heteroatoms. The molecule has 0 aromatic heterocycles. The number of nitrogens with zero attached hydrogens (tertiary/aromatic N) is 5. The molecule has 3 N–H and O–H groups in total. The summed E-state index contributed by atoms with van der Waals surface area (Å²) in [4.78, 5) is 17.9. The van der Waals surface area contributed by atoms with Gasteiger partial charge in [0.25, 0.3) is 11.4 Å². The second kappa shape index (κ2) is 12.1. The van der Waals surface area contributed by atoms with Crippen LogP contribution in [0.5, 0.6) is 11.5 Å². The van der Waals surface area contributed by atoms with E-state index in [2.05, 4.69) is 20.8 Å². The van der Waals surface area contributed by atoms with E-state index in [1.165, 1.54) is 0 Å². The number of ether oxygens (including phenoxy) is 2. The third-order valence-electron chi connectivity index (χ3n) is 3.95. The molecule has 2 aromatic rings. The number of anilines is 1. The molecule has 0 bridgehead atoms. The molecule has 0 radical (unpaired) electrons. The number of nitro groups is 2. The van der Waals surface area contributed by atoms with Crippen molar-refractivity contribution >= 4 is 49.3 Å². The Bertz CT molecular complexity index is 1460. The monoisotopic (exact) mass is 557 g/mol. The molecule has 0 fully saturated rings. The van der Waals surface area contributed by atoms with Crippen LogP contribution in [0.2, 0.25) is 0 Å². The Morgan fingerprint density at radius 3 is 1.81 bits per heavy atom. The molecule has 18 nitrogen and oxygen atoms in total. The van der Waals surface area contributed by atoms with Crippen molar-refractivity contribution in [2.45, 2.75) is 9.79 Å². The summed E-state index contributed by atoms with van der Waals surface area (Å²) in [7, 11) is -7.78. The van der Waals surface area contributed by atoms with Gasteiger partial charge in [0.15, 0.2) is 27.6 Å². The van der Waals surface area contributed by atoms with Gasteiger partial charge in [-0.1, -0.05) is 0 Å². The smallest absolute Gasteiger partial charge is 0.494 e. The van der Waals surface area contributed by atoms with E-state index in [-0.39, 0.29) is 52.4 Å². The van der Waals surface area contributed by atoms with Gasteiger partial charge >= 0.3 is 49.8 Å². The van der Waals surface area contributed by atoms with Gasteiger partial charge < -0.3 is 9.47 Å². The standard InChI is InChI=1S/C15H14N6O12S2.Na/c1-32-12-5-10(20(22)23)14(34(26,27)28)3-8(12)18-16-7-17-19-9-4-15(35(29,30)31)11(21(24)25)6-13(9)33-2;/h3-7,18H,1-2H3,(H,26,27,28)(H,29,30,31);/q;+1/b16-7+,19-17?;. The zero-order chi connectivity index (χ0) is 26.6. The van der Waals surface area contributed by atoms with Crippen molar-refractivity contribution in [3.8, 4) is 11.5 Å². The Hall–Kier alpha value is -3.27. The summed E-state index contributed by atoms with van der Waals surface area (Å²) in [6, 6.07) is 2.74. The number of hydrogen-bond acceptors (Lipinski definition) is 13. The van der Waals surface area contributed by atoms with E-state index < -0.39 is 51.2 Å². The molecular weight excluding hydrogens is 543 g/mol. The Morgan fingerprint density at radius 1 is 0.889 bits per heavy atom. The predicted octanol–water partition coefficient (Wildman–Crippen LogP) is -0.843. The molecule has 0 saturated carbocycles. The summed E-state index contributed by atoms with van der Waals surface area (Å²) in [5.41, 5.74) is -0.265. The van der Waals surface area contributed by atoms with Gasteiger partial charge in [0.2, 0.25) is 0 Å². The molecule has 0 atom stereocenters. The van der Waals surface area contributed by atoms with Gasteiger partial charge in [-0.05, 0) is 12.1 Å². The fraction of sp³-hybridized carbons (Fsp3) is 0.133. The maximum absolute atomic E-state index is 11.5. The van der Waals surface area contributed by atoms with Crippen LogP contribution in [0, 0.1) is 20.2 Å². The van der Waals surface area contributed by atoms with Crippen molar-refractivity contribution in [3.05, 3.63) is 44.5 Å². The van der Waals surface area contributed by atoms with E-state index in [1.807, 2.05) is 0 Å². The van der Waals surface area contributed by atoms with Crippen molar-refractivity contribution in [2.75, 3.05) is 19.6 Å². The molecule has 0 aliphatic rings. The summed E-state index contributed by atoms with van der Waals surface area (Å²) in [6.45, 7) is 0. The molecular formula is C15H14N6NaO12S2+. The fourth-order valence-corrected chi connectivity index (χ4v) is 3.82. The minimum absolute atomic E-state index is 0. The van der Waals surface area contributed by atoms with Gasteiger partial charge in [0, 0.05) is 0 Å². The van der Waals surface area contributed by atoms with E-state index in [0.717, 1.165) is 20.3 Å². The summed E-state index contributed by atoms with van der Waals surface area (Å²) >= 11 is 0. The fourth-order valence-electron chi connectivity index (χ4n) is 2.50. The first-order valence-corrected chi connectivity index (χ1v) is 11.4. The van der Waals surface area contributed by atoms with Gasteiger partial charge in [-0.2, -0.15) is 21.9 Å². The number of hydrogen-bond donors (Lipinski definition) is 3. The van der Waals surface area contributed by atoms with E-state index >= 15 is 0 Å². The average molecular weight is 557 g/mol. The minimum Gasteiger partial charge on any atom is -0.494 e. The van der Waals surface area contributed by atoms with E-state index in [0.29, 0.717) is 24.5 Å². The van der Waals surface area contributed by atoms with Crippen molar-refractivity contribution in [3.63, 3.8) is 0 Å². The van der Waals surface area contributed by atoms with Crippen molar-refractivity contribution in [1.82, 2.24) is 0 Å². The van der Waals surface area contributed by atoms with Crippen LogP contribution < -0.4 is 44.5 Å². The van der Waals surface area contributed by atoms with Crippen LogP contribution >= 0.6 is 0 Å². The molecule has 36 heavy (non-hydrogen) atoms. The molecule has 188 valence electrons. The largest absolute Gasteiger partial charge is 1.00 e. The van der Waals surface area contributed by atoms with Crippen molar-refractivity contribution < 1.29 is 74.8 Å². The first-order chi connectivity index (χ1) is 16.2. The first-order valence-electron chi connectivity index (χ1n) is 8.57. The van der Waals surface area contributed by atoms with Crippen LogP contribution in [0.1, 0.15) is 0 Å². The average Bonchev–Trinajstić information content (AvgIpc) is 2.76. The van der Waals surface area contributed by atoms with Gasteiger partial charge in [-0.25, -0.2) is 0 Å². The van der Waals surface area contributed by atoms with Crippen LogP contribution in [0.25, 0.3) is 0 Å². The number of azo groups is 1. The molecule has 0 spiro atoms. The molecule has 0 saturated heterocycles. The number of nitro benzene ring substituents is 2. The molecule has 2 rings (SSSR count). The van der Waals surface area contributed by atoms with E-state index in [4.69, 9.17) is 9.47 Å². The van der Waals surface area contributed by atoms with Crippen LogP contribution in [-0.2, 0) is 20.2 Å². The summed E-state index contributed by atoms with van der Waals surface area (Å²) < 4.78 is 74.1. The number of methoxy groups -OCH3 is 2. The molecule has 0 heterocycles. The third-order valence-corrected chi connectivity index (χ3v) is 5.72. The Labute approximate surface area is 224 Å². The van der Waals surface area contributed by atoms with E-state index in [9.17, 15) is 46.2 Å². The molecule has 0 aliphatic heterocycles. The normalized spacial score (nSPS) is 11.8. The number of hydrazone groups is 1. The quantitative estimate of drug-likeness (QED) is 0.0612. The molecule has 0 unspecified atom stereocenters. The zero-order valence-electron chi connectivity index (χ0n) is 18.4. The van der Waals surface area contributed by atoms with Gasteiger partial charge in [-0.15, -0.1) is 10.2 Å². The third kappa shape index (κ3) is 7.36. The number of rotatable bonds is 10. The van der Waals surface area contributed by atoms with Crippen molar-refractivity contribution in [1.29, 1.82) is 0 Å². The Kier molecular flexibility index (Phi) is 10.4. The second-order valence-corrected chi connectivity index (χ2v) is 8.83. The van der Waals surface area contributed by atoms with Crippen molar-refractivity contribution in [2.24, 2.45) is 15.3 Å². The van der Waals surface area contributed by atoms with Crippen LogP contribution in [-0.4, -0.2) is 56.3 Å². The summed E-state index contributed by atoms with van der Waals surface area (Å²) in [5.74, 6) is -0.503. The molecule has 2 aromatic carbocycles. The van der Waals surface area contributed by atoms with Gasteiger partial charge in [-0.3, -0.25) is 34.8 Å². The van der Waals surface area contributed by atoms with Gasteiger partial charge in [0.1, 0.15) is 11.4 Å². The number of nitrogens with one attached hydrogen (secondary N) is 1. The Balaban J connectivity index is 0.00000648. The van der Waals surface area contributed by atoms with Crippen LogP contribution in [0.15, 0.2) is 49.4 Å². The van der Waals surface area contributed by atoms with Gasteiger partial charge in [0.05, 0.1) is 36.2 Å². The second-order valence-electron chi connectivity index (χ2n) is 6.05. The summed E-state index contributed by atoms with van der Waals surface area (Å²) in [5, 5.41) is 32.7. The van der Waals surface area contributed by atoms with Crippen LogP contribution in [0.3, 0.4) is 0 Å². The minimum atomic E-state index is -5.01. The predicted molar refractivity (Wildman–Crippen MR) is 116 cm³/mol. The first kappa shape index (κ1) is 30.8. The maximum Gasteiger partial charge on any atom is 1.00 e. The Morgan fingerprint density at radius 2 is 1.36 bits per heavy atom. The zero-order valence-corrected chi connectivity index (χ0v) is 22.0. The topological polar surface area (TPSA) is 263 Å². The molecule has 0 aliphatic carbocycles. The molecule has 0 amide bonds. The maximum atomic E-state index is 11.5. The van der Waals surface area contributed by atoms with E-state index in [1.54, 1.807) is 0 Å². The summed E-state index contributed by atoms with van der Waals surface area (Å²) in [6.07, 6.45) is 0.710. The van der Waals surface area contributed by atoms with Crippen LogP contribution in [0.4, 0.5) is 22.7 Å².